The molecule has 0 saturated heterocycles. The summed E-state index contributed by atoms with van der Waals surface area (Å²) < 4.78 is 1.44. The summed E-state index contributed by atoms with van der Waals surface area (Å²) in [6.45, 7) is 5.07. The first-order valence-corrected chi connectivity index (χ1v) is 5.79. The first kappa shape index (κ1) is 12.2. The number of nitrogens with one attached hydrogen (secondary N) is 1. The number of aromatic nitrogens is 6. The van der Waals surface area contributed by atoms with E-state index in [1.54, 1.807) is 0 Å². The molecule has 2 heterocycles. The van der Waals surface area contributed by atoms with Crippen molar-refractivity contribution in [1.29, 1.82) is 0 Å². The number of rotatable bonds is 5. The van der Waals surface area contributed by atoms with Crippen LogP contribution in [0, 0.1) is 5.92 Å². The monoisotopic (exact) mass is 248 g/mol. The molecule has 2 aromatic heterocycles. The normalized spacial score (nSPS) is 12.3. The zero-order valence-corrected chi connectivity index (χ0v) is 10.4. The Morgan fingerprint density at radius 3 is 2.89 bits per heavy atom. The maximum Gasteiger partial charge on any atom is 0.258 e. The third-order valence-electron chi connectivity index (χ3n) is 2.57. The molecule has 96 valence electrons. The average Bonchev–Trinajstić information content (AvgIpc) is 2.89. The molecule has 8 heteroatoms. The predicted molar refractivity (Wildman–Crippen MR) is 67.1 cm³/mol. The average molecular weight is 248 g/mol. The largest absolute Gasteiger partial charge is 0.368 e. The standard InChI is InChI=1S/C10H16N8/c1-3-7(2)4-13-9-15-8(11)16-10(17-9)18-6-12-5-14-18/h5-7H,3-4H2,1-2H3,(H3,11,13,15,16,17). The maximum atomic E-state index is 5.64. The van der Waals surface area contributed by atoms with Gasteiger partial charge in [-0.1, -0.05) is 20.3 Å². The lowest BCUT2D eigenvalue weighted by molar-refractivity contribution is 0.590. The van der Waals surface area contributed by atoms with Crippen LogP contribution in [0.25, 0.3) is 5.95 Å². The molecule has 2 aromatic rings. The van der Waals surface area contributed by atoms with E-state index < -0.39 is 0 Å². The van der Waals surface area contributed by atoms with E-state index in [1.807, 2.05) is 0 Å². The minimum Gasteiger partial charge on any atom is -0.368 e. The summed E-state index contributed by atoms with van der Waals surface area (Å²) >= 11 is 0. The van der Waals surface area contributed by atoms with Crippen LogP contribution in [0.15, 0.2) is 12.7 Å². The van der Waals surface area contributed by atoms with Crippen LogP contribution in [0.5, 0.6) is 0 Å². The van der Waals surface area contributed by atoms with Crippen molar-refractivity contribution in [2.24, 2.45) is 5.92 Å². The summed E-state index contributed by atoms with van der Waals surface area (Å²) in [7, 11) is 0. The van der Waals surface area contributed by atoms with Crippen LogP contribution in [0.1, 0.15) is 20.3 Å². The van der Waals surface area contributed by atoms with Gasteiger partial charge in [0, 0.05) is 6.54 Å². The molecule has 3 N–H and O–H groups in total. The molecule has 8 nitrogen and oxygen atoms in total. The van der Waals surface area contributed by atoms with Crippen molar-refractivity contribution in [1.82, 2.24) is 29.7 Å². The fraction of sp³-hybridized carbons (Fsp3) is 0.500. The zero-order chi connectivity index (χ0) is 13.0. The van der Waals surface area contributed by atoms with Gasteiger partial charge in [-0.3, -0.25) is 0 Å². The van der Waals surface area contributed by atoms with Crippen LogP contribution in [0.4, 0.5) is 11.9 Å². The molecule has 0 aromatic carbocycles. The van der Waals surface area contributed by atoms with Crippen LogP contribution >= 0.6 is 0 Å². The van der Waals surface area contributed by atoms with Crippen LogP contribution in [0.3, 0.4) is 0 Å². The van der Waals surface area contributed by atoms with E-state index in [-0.39, 0.29) is 5.95 Å². The molecule has 1 atom stereocenters. The molecule has 0 amide bonds. The molecule has 0 aliphatic carbocycles. The number of nitrogens with two attached hydrogens (primary N) is 1. The Hall–Kier alpha value is -2.25. The Labute approximate surface area is 105 Å². The molecular weight excluding hydrogens is 232 g/mol. The number of nitrogens with zero attached hydrogens (tertiary/aromatic N) is 6. The third-order valence-corrected chi connectivity index (χ3v) is 2.57. The van der Waals surface area contributed by atoms with Gasteiger partial charge in [0.1, 0.15) is 12.7 Å². The number of hydrogen-bond donors (Lipinski definition) is 2. The predicted octanol–water partition coefficient (Wildman–Crippen LogP) is 0.492. The topological polar surface area (TPSA) is 107 Å². The Morgan fingerprint density at radius 2 is 2.22 bits per heavy atom. The number of anilines is 2. The summed E-state index contributed by atoms with van der Waals surface area (Å²) in [5, 5.41) is 7.08. The fourth-order valence-electron chi connectivity index (χ4n) is 1.28. The van der Waals surface area contributed by atoms with E-state index in [1.165, 1.54) is 17.3 Å². The second kappa shape index (κ2) is 5.39. The quantitative estimate of drug-likeness (QED) is 0.792. The molecule has 0 radical (unpaired) electrons. The van der Waals surface area contributed by atoms with Crippen molar-refractivity contribution in [3.05, 3.63) is 12.7 Å². The van der Waals surface area contributed by atoms with Gasteiger partial charge in [-0.05, 0) is 5.92 Å². The van der Waals surface area contributed by atoms with E-state index in [2.05, 4.69) is 44.2 Å². The second-order valence-corrected chi connectivity index (χ2v) is 4.05. The lowest BCUT2D eigenvalue weighted by Crippen LogP contribution is -2.15. The molecule has 0 bridgehead atoms. The minimum atomic E-state index is 0.155. The second-order valence-electron chi connectivity index (χ2n) is 4.05. The maximum absolute atomic E-state index is 5.64. The van der Waals surface area contributed by atoms with E-state index in [9.17, 15) is 0 Å². The van der Waals surface area contributed by atoms with Crippen molar-refractivity contribution in [2.75, 3.05) is 17.6 Å². The van der Waals surface area contributed by atoms with Crippen LogP contribution in [-0.2, 0) is 0 Å². The van der Waals surface area contributed by atoms with Gasteiger partial charge < -0.3 is 11.1 Å². The number of hydrogen-bond acceptors (Lipinski definition) is 7. The molecule has 0 aliphatic heterocycles. The first-order chi connectivity index (χ1) is 8.69. The summed E-state index contributed by atoms with van der Waals surface area (Å²) in [5.74, 6) is 1.50. The van der Waals surface area contributed by atoms with Crippen molar-refractivity contribution in [3.63, 3.8) is 0 Å². The SMILES string of the molecule is CCC(C)CNc1nc(N)nc(-n2cncn2)n1. The minimum absolute atomic E-state index is 0.155. The van der Waals surface area contributed by atoms with Gasteiger partial charge in [-0.2, -0.15) is 24.7 Å². The Balaban J connectivity index is 2.17. The van der Waals surface area contributed by atoms with E-state index in [0.29, 0.717) is 17.8 Å². The molecule has 0 fully saturated rings. The summed E-state index contributed by atoms with van der Waals surface area (Å²) in [6.07, 6.45) is 4.00. The summed E-state index contributed by atoms with van der Waals surface area (Å²) in [6, 6.07) is 0. The van der Waals surface area contributed by atoms with Crippen molar-refractivity contribution in [2.45, 2.75) is 20.3 Å². The zero-order valence-electron chi connectivity index (χ0n) is 10.4. The fourth-order valence-corrected chi connectivity index (χ4v) is 1.28. The van der Waals surface area contributed by atoms with Gasteiger partial charge in [0.15, 0.2) is 0 Å². The van der Waals surface area contributed by atoms with Gasteiger partial charge in [0.05, 0.1) is 0 Å². The molecule has 18 heavy (non-hydrogen) atoms. The summed E-state index contributed by atoms with van der Waals surface area (Å²) in [5.41, 5.74) is 5.64. The van der Waals surface area contributed by atoms with Crippen molar-refractivity contribution >= 4 is 11.9 Å². The van der Waals surface area contributed by atoms with E-state index in [0.717, 1.165) is 13.0 Å². The highest BCUT2D eigenvalue weighted by atomic mass is 15.4. The van der Waals surface area contributed by atoms with Gasteiger partial charge >= 0.3 is 0 Å². The van der Waals surface area contributed by atoms with Crippen LogP contribution in [0.2, 0.25) is 0 Å². The van der Waals surface area contributed by atoms with Crippen molar-refractivity contribution < 1.29 is 0 Å². The lowest BCUT2D eigenvalue weighted by atomic mass is 10.1. The summed E-state index contributed by atoms with van der Waals surface area (Å²) in [4.78, 5) is 16.1. The molecule has 0 aliphatic rings. The van der Waals surface area contributed by atoms with E-state index in [4.69, 9.17) is 5.73 Å². The van der Waals surface area contributed by atoms with Gasteiger partial charge in [0.2, 0.25) is 11.9 Å². The highest BCUT2D eigenvalue weighted by molar-refractivity contribution is 5.34. The van der Waals surface area contributed by atoms with Gasteiger partial charge in [0.25, 0.3) is 5.95 Å². The third kappa shape index (κ3) is 2.90. The molecule has 2 rings (SSSR count). The van der Waals surface area contributed by atoms with Crippen LogP contribution in [-0.4, -0.2) is 36.3 Å². The van der Waals surface area contributed by atoms with Crippen molar-refractivity contribution in [3.8, 4) is 5.95 Å². The Kier molecular flexibility index (Phi) is 3.66. The highest BCUT2D eigenvalue weighted by Crippen LogP contribution is 2.07. The smallest absolute Gasteiger partial charge is 0.258 e. The number of nitrogen functional groups attached to an aromatic ring is 1. The lowest BCUT2D eigenvalue weighted by Gasteiger charge is -2.10. The Bertz CT molecular complexity index is 495. The van der Waals surface area contributed by atoms with E-state index >= 15 is 0 Å². The molecule has 0 spiro atoms. The molecule has 0 saturated carbocycles. The van der Waals surface area contributed by atoms with Gasteiger partial charge in [-0.25, -0.2) is 4.98 Å². The molecular formula is C10H16N8. The van der Waals surface area contributed by atoms with Gasteiger partial charge in [-0.15, -0.1) is 0 Å². The highest BCUT2D eigenvalue weighted by Gasteiger charge is 2.07. The molecule has 1 unspecified atom stereocenters. The van der Waals surface area contributed by atoms with Crippen LogP contribution < -0.4 is 11.1 Å². The Morgan fingerprint density at radius 1 is 1.39 bits per heavy atom. The first-order valence-electron chi connectivity index (χ1n) is 5.79.